The molecule has 2 rings (SSSR count). The molecule has 0 bridgehead atoms. The fraction of sp³-hybridized carbons (Fsp3) is 0. The van der Waals surface area contributed by atoms with Crippen LogP contribution in [0.4, 0.5) is 10.1 Å². The summed E-state index contributed by atoms with van der Waals surface area (Å²) in [4.78, 5) is 13.8. The van der Waals surface area contributed by atoms with Crippen LogP contribution >= 0.6 is 11.6 Å². The Hall–Kier alpha value is -2.72. The molecule has 0 N–H and O–H groups in total. The van der Waals surface area contributed by atoms with Crippen LogP contribution in [0.2, 0.25) is 5.02 Å². The van der Waals surface area contributed by atoms with E-state index in [-0.39, 0.29) is 16.5 Å². The van der Waals surface area contributed by atoms with Gasteiger partial charge in [-0.05, 0) is 12.1 Å². The lowest BCUT2D eigenvalue weighted by Gasteiger charge is -2.08. The minimum atomic E-state index is -0.931. The number of nitro groups is 1. The van der Waals surface area contributed by atoms with E-state index >= 15 is 0 Å². The van der Waals surface area contributed by atoms with Crippen molar-refractivity contribution in [2.24, 2.45) is 0 Å². The summed E-state index contributed by atoms with van der Waals surface area (Å²) in [7, 11) is 0. The maximum atomic E-state index is 13.6. The SMILES string of the molecule is N#Cc1ccnc(Oc2c(F)cccc2[N+](=O)[O-])c1Cl. The van der Waals surface area contributed by atoms with Crippen LogP contribution in [0.25, 0.3) is 0 Å². The van der Waals surface area contributed by atoms with Crippen LogP contribution in [0, 0.1) is 27.3 Å². The summed E-state index contributed by atoms with van der Waals surface area (Å²) in [5.74, 6) is -1.82. The van der Waals surface area contributed by atoms with Crippen molar-refractivity contribution < 1.29 is 14.1 Å². The van der Waals surface area contributed by atoms with Gasteiger partial charge in [-0.2, -0.15) is 5.26 Å². The zero-order valence-corrected chi connectivity index (χ0v) is 10.5. The normalized spacial score (nSPS) is 9.85. The van der Waals surface area contributed by atoms with Gasteiger partial charge in [0.15, 0.2) is 5.82 Å². The van der Waals surface area contributed by atoms with Crippen molar-refractivity contribution in [1.82, 2.24) is 4.98 Å². The highest BCUT2D eigenvalue weighted by molar-refractivity contribution is 6.33. The number of rotatable bonds is 3. The molecule has 0 aliphatic rings. The molecule has 0 saturated heterocycles. The molecule has 1 aromatic carbocycles. The van der Waals surface area contributed by atoms with Gasteiger partial charge >= 0.3 is 5.69 Å². The Morgan fingerprint density at radius 2 is 2.20 bits per heavy atom. The van der Waals surface area contributed by atoms with E-state index in [1.165, 1.54) is 18.3 Å². The molecule has 8 heteroatoms. The maximum Gasteiger partial charge on any atom is 0.314 e. The number of benzene rings is 1. The summed E-state index contributed by atoms with van der Waals surface area (Å²) >= 11 is 5.84. The van der Waals surface area contributed by atoms with Crippen LogP contribution in [0.3, 0.4) is 0 Å². The lowest BCUT2D eigenvalue weighted by Crippen LogP contribution is -1.98. The van der Waals surface area contributed by atoms with E-state index in [1.807, 2.05) is 0 Å². The molecule has 0 radical (unpaired) electrons. The van der Waals surface area contributed by atoms with Crippen molar-refractivity contribution >= 4 is 17.3 Å². The van der Waals surface area contributed by atoms with Crippen molar-refractivity contribution in [3.63, 3.8) is 0 Å². The van der Waals surface area contributed by atoms with Crippen LogP contribution in [0.1, 0.15) is 5.56 Å². The molecule has 100 valence electrons. The van der Waals surface area contributed by atoms with Crippen molar-refractivity contribution in [1.29, 1.82) is 5.26 Å². The number of ether oxygens (including phenoxy) is 1. The highest BCUT2D eigenvalue weighted by Gasteiger charge is 2.22. The summed E-state index contributed by atoms with van der Waals surface area (Å²) in [5.41, 5.74) is -0.499. The predicted octanol–water partition coefficient (Wildman–Crippen LogP) is 3.45. The van der Waals surface area contributed by atoms with Gasteiger partial charge in [-0.25, -0.2) is 9.37 Å². The number of pyridine rings is 1. The Labute approximate surface area is 117 Å². The molecule has 0 saturated carbocycles. The zero-order valence-electron chi connectivity index (χ0n) is 9.71. The molecular weight excluding hydrogens is 289 g/mol. The molecule has 1 aromatic heterocycles. The number of nitrogens with zero attached hydrogens (tertiary/aromatic N) is 3. The monoisotopic (exact) mass is 293 g/mol. The van der Waals surface area contributed by atoms with Crippen LogP contribution < -0.4 is 4.74 Å². The number of nitro benzene ring substituents is 1. The second kappa shape index (κ2) is 5.50. The van der Waals surface area contributed by atoms with E-state index in [0.29, 0.717) is 0 Å². The second-order valence-corrected chi connectivity index (χ2v) is 3.91. The van der Waals surface area contributed by atoms with Crippen LogP contribution in [-0.2, 0) is 0 Å². The summed E-state index contributed by atoms with van der Waals surface area (Å²) in [6.45, 7) is 0. The number of aromatic nitrogens is 1. The molecule has 20 heavy (non-hydrogen) atoms. The summed E-state index contributed by atoms with van der Waals surface area (Å²) < 4.78 is 18.7. The summed E-state index contributed by atoms with van der Waals surface area (Å²) in [6, 6.07) is 6.40. The molecule has 0 spiro atoms. The van der Waals surface area contributed by atoms with E-state index in [4.69, 9.17) is 21.6 Å². The van der Waals surface area contributed by atoms with Crippen molar-refractivity contribution in [2.45, 2.75) is 0 Å². The Morgan fingerprint density at radius 3 is 2.85 bits per heavy atom. The van der Waals surface area contributed by atoms with E-state index in [1.54, 1.807) is 6.07 Å². The highest BCUT2D eigenvalue weighted by Crippen LogP contribution is 2.36. The molecule has 0 aliphatic heterocycles. The third-order valence-electron chi connectivity index (χ3n) is 2.32. The largest absolute Gasteiger partial charge is 0.427 e. The third-order valence-corrected chi connectivity index (χ3v) is 2.68. The first-order valence-corrected chi connectivity index (χ1v) is 5.57. The van der Waals surface area contributed by atoms with Crippen molar-refractivity contribution in [3.8, 4) is 17.7 Å². The summed E-state index contributed by atoms with van der Waals surface area (Å²) in [6.07, 6.45) is 1.23. The quantitative estimate of drug-likeness (QED) is 0.638. The Kier molecular flexibility index (Phi) is 3.77. The maximum absolute atomic E-state index is 13.6. The molecule has 2 aromatic rings. The highest BCUT2D eigenvalue weighted by atomic mass is 35.5. The average Bonchev–Trinajstić information content (AvgIpc) is 2.42. The third kappa shape index (κ3) is 2.50. The number of hydrogen-bond acceptors (Lipinski definition) is 5. The molecule has 0 atom stereocenters. The van der Waals surface area contributed by atoms with Gasteiger partial charge in [0.05, 0.1) is 10.5 Å². The van der Waals surface area contributed by atoms with E-state index in [2.05, 4.69) is 4.98 Å². The second-order valence-electron chi connectivity index (χ2n) is 3.54. The molecule has 1 heterocycles. The van der Waals surface area contributed by atoms with Gasteiger partial charge in [-0.15, -0.1) is 0 Å². The number of hydrogen-bond donors (Lipinski definition) is 0. The lowest BCUT2D eigenvalue weighted by atomic mass is 10.2. The first kappa shape index (κ1) is 13.7. The Bertz CT molecular complexity index is 730. The topological polar surface area (TPSA) is 89.0 Å². The van der Waals surface area contributed by atoms with Crippen molar-refractivity contribution in [2.75, 3.05) is 0 Å². The average molecular weight is 294 g/mol. The first-order valence-electron chi connectivity index (χ1n) is 5.20. The minimum Gasteiger partial charge on any atom is -0.427 e. The first-order chi connectivity index (χ1) is 9.54. The molecular formula is C12H5ClFN3O3. The van der Waals surface area contributed by atoms with Crippen LogP contribution in [0.15, 0.2) is 30.5 Å². The number of nitriles is 1. The van der Waals surface area contributed by atoms with Gasteiger partial charge in [0, 0.05) is 12.3 Å². The van der Waals surface area contributed by atoms with Gasteiger partial charge in [0.25, 0.3) is 0 Å². The van der Waals surface area contributed by atoms with Crippen molar-refractivity contribution in [3.05, 3.63) is 57.0 Å². The molecule has 0 unspecified atom stereocenters. The molecule has 0 amide bonds. The minimum absolute atomic E-state index is 0.0654. The smallest absolute Gasteiger partial charge is 0.314 e. The van der Waals surface area contributed by atoms with Gasteiger partial charge < -0.3 is 4.74 Å². The van der Waals surface area contributed by atoms with Gasteiger partial charge in [-0.3, -0.25) is 10.1 Å². The Balaban J connectivity index is 2.51. The number of halogens is 2. The van der Waals surface area contributed by atoms with E-state index < -0.39 is 22.2 Å². The van der Waals surface area contributed by atoms with Gasteiger partial charge in [-0.1, -0.05) is 17.7 Å². The van der Waals surface area contributed by atoms with Gasteiger partial charge in [0.1, 0.15) is 11.1 Å². The van der Waals surface area contributed by atoms with Crippen LogP contribution in [-0.4, -0.2) is 9.91 Å². The molecule has 6 nitrogen and oxygen atoms in total. The predicted molar refractivity (Wildman–Crippen MR) is 67.1 cm³/mol. The van der Waals surface area contributed by atoms with Gasteiger partial charge in [0.2, 0.25) is 11.6 Å². The Morgan fingerprint density at radius 1 is 1.45 bits per heavy atom. The number of para-hydroxylation sites is 1. The molecule has 0 fully saturated rings. The van der Waals surface area contributed by atoms with E-state index in [9.17, 15) is 14.5 Å². The molecule has 0 aliphatic carbocycles. The zero-order chi connectivity index (χ0) is 14.7. The van der Waals surface area contributed by atoms with E-state index in [0.717, 1.165) is 12.1 Å². The fourth-order valence-electron chi connectivity index (χ4n) is 1.42. The van der Waals surface area contributed by atoms with Crippen LogP contribution in [0.5, 0.6) is 11.6 Å². The fourth-order valence-corrected chi connectivity index (χ4v) is 1.61. The summed E-state index contributed by atoms with van der Waals surface area (Å²) in [5, 5.41) is 19.5. The standard InChI is InChI=1S/C12H5ClFN3O3/c13-10-7(6-15)4-5-16-12(10)20-11-8(14)2-1-3-9(11)17(18)19/h1-5H. The lowest BCUT2D eigenvalue weighted by molar-refractivity contribution is -0.385.